The fourth-order valence-corrected chi connectivity index (χ4v) is 3.07. The van der Waals surface area contributed by atoms with E-state index >= 15 is 0 Å². The van der Waals surface area contributed by atoms with Crippen LogP contribution < -0.4 is 0 Å². The number of hydrogen-bond donors (Lipinski definition) is 0. The third-order valence-corrected chi connectivity index (χ3v) is 4.27. The van der Waals surface area contributed by atoms with E-state index in [1.807, 2.05) is 24.3 Å². The van der Waals surface area contributed by atoms with E-state index in [1.165, 1.54) is 0 Å². The van der Waals surface area contributed by atoms with Gasteiger partial charge >= 0.3 is 5.97 Å². The highest BCUT2D eigenvalue weighted by atomic mass is 16.5. The smallest absolute Gasteiger partial charge is 0.334 e. The van der Waals surface area contributed by atoms with Crippen molar-refractivity contribution < 1.29 is 17.1 Å². The third-order valence-electron chi connectivity index (χ3n) is 4.27. The number of carbonyl (C=O) groups is 2. The van der Waals surface area contributed by atoms with Crippen molar-refractivity contribution in [2.75, 3.05) is 6.61 Å². The SMILES string of the molecule is [2H]C1=C(c2ccccc2)C([2H])(CC(=O)c2ccccc2)C(C(=O)OCC)=C1C. The largest absolute Gasteiger partial charge is 0.463 e. The molecule has 0 saturated carbocycles. The molecule has 3 nitrogen and oxygen atoms in total. The molecule has 1 aliphatic rings. The fourth-order valence-electron chi connectivity index (χ4n) is 3.07. The van der Waals surface area contributed by atoms with Crippen LogP contribution in [0.15, 0.2) is 77.9 Å². The molecular formula is C23H22O3. The summed E-state index contributed by atoms with van der Waals surface area (Å²) >= 11 is 0. The summed E-state index contributed by atoms with van der Waals surface area (Å²) in [6.45, 7) is 3.49. The summed E-state index contributed by atoms with van der Waals surface area (Å²) in [4.78, 5) is 25.6. The van der Waals surface area contributed by atoms with Gasteiger partial charge in [-0.15, -0.1) is 0 Å². The van der Waals surface area contributed by atoms with Crippen molar-refractivity contribution in [1.82, 2.24) is 0 Å². The molecule has 0 aliphatic heterocycles. The Kier molecular flexibility index (Phi) is 4.69. The number of ether oxygens (including phenoxy) is 1. The van der Waals surface area contributed by atoms with Gasteiger partial charge in [-0.1, -0.05) is 66.7 Å². The maximum atomic E-state index is 12.9. The van der Waals surface area contributed by atoms with Crippen molar-refractivity contribution in [3.8, 4) is 0 Å². The first-order valence-electron chi connectivity index (χ1n) is 9.64. The highest BCUT2D eigenvalue weighted by molar-refractivity contribution is 6.02. The molecule has 3 heteroatoms. The standard InChI is InChI=1S/C23H22O3/c1-3-26-23(25)22-16(2)14-19(17-10-6-4-7-11-17)20(22)15-21(24)18-12-8-5-9-13-18/h4-14,20H,3,15H2,1-2H3/i14D,20D. The molecule has 26 heavy (non-hydrogen) atoms. The maximum absolute atomic E-state index is 12.9. The van der Waals surface area contributed by atoms with Gasteiger partial charge in [0.1, 0.15) is 0 Å². The van der Waals surface area contributed by atoms with Crippen molar-refractivity contribution in [3.63, 3.8) is 0 Å². The van der Waals surface area contributed by atoms with Crippen molar-refractivity contribution in [1.29, 1.82) is 0 Å². The number of hydrogen-bond acceptors (Lipinski definition) is 3. The number of benzene rings is 2. The molecule has 0 N–H and O–H groups in total. The van der Waals surface area contributed by atoms with E-state index < -0.39 is 11.9 Å². The summed E-state index contributed by atoms with van der Waals surface area (Å²) in [5.74, 6) is -2.58. The van der Waals surface area contributed by atoms with Crippen LogP contribution in [0.1, 0.15) is 38.9 Å². The predicted octanol–water partition coefficient (Wildman–Crippen LogP) is 4.85. The van der Waals surface area contributed by atoms with Gasteiger partial charge in [0.2, 0.25) is 0 Å². The summed E-state index contributed by atoms with van der Waals surface area (Å²) in [6.07, 6.45) is -0.241. The van der Waals surface area contributed by atoms with E-state index in [4.69, 9.17) is 6.11 Å². The highest BCUT2D eigenvalue weighted by Gasteiger charge is 2.34. The maximum Gasteiger partial charge on any atom is 0.334 e. The van der Waals surface area contributed by atoms with Crippen LogP contribution in [0.3, 0.4) is 0 Å². The molecule has 2 aromatic rings. The number of Topliss-reactive ketones (excluding diaryl/α,β-unsaturated/α-hetero) is 1. The number of allylic oxidation sites excluding steroid dienone is 3. The zero-order valence-corrected chi connectivity index (χ0v) is 14.9. The van der Waals surface area contributed by atoms with Crippen molar-refractivity contribution in [2.24, 2.45) is 5.89 Å². The van der Waals surface area contributed by atoms with E-state index in [-0.39, 0.29) is 30.4 Å². The lowest BCUT2D eigenvalue weighted by Crippen LogP contribution is -2.19. The van der Waals surface area contributed by atoms with Crippen LogP contribution in [0.4, 0.5) is 0 Å². The minimum Gasteiger partial charge on any atom is -0.463 e. The molecule has 0 heterocycles. The van der Waals surface area contributed by atoms with Crippen molar-refractivity contribution in [3.05, 3.63) is 89.0 Å². The van der Waals surface area contributed by atoms with Crippen LogP contribution in [-0.4, -0.2) is 18.4 Å². The number of ketones is 1. The van der Waals surface area contributed by atoms with Crippen LogP contribution in [0.5, 0.6) is 0 Å². The number of carbonyl (C=O) groups excluding carboxylic acids is 2. The molecule has 3 rings (SSSR count). The fraction of sp³-hybridized carbons (Fsp3) is 0.217. The molecular weight excluding hydrogens is 324 g/mol. The highest BCUT2D eigenvalue weighted by Crippen LogP contribution is 2.41. The second kappa shape index (κ2) is 7.96. The predicted molar refractivity (Wildman–Crippen MR) is 103 cm³/mol. The molecule has 0 saturated heterocycles. The van der Waals surface area contributed by atoms with E-state index in [1.54, 1.807) is 50.2 Å². The Morgan fingerprint density at radius 1 is 1.08 bits per heavy atom. The second-order valence-corrected chi connectivity index (χ2v) is 6.03. The molecule has 1 unspecified atom stereocenters. The first-order valence-corrected chi connectivity index (χ1v) is 8.64. The Morgan fingerprint density at radius 3 is 2.31 bits per heavy atom. The van der Waals surface area contributed by atoms with E-state index in [0.29, 0.717) is 22.3 Å². The average Bonchev–Trinajstić information content (AvgIpc) is 2.88. The minimum absolute atomic E-state index is 0.0717. The van der Waals surface area contributed by atoms with Crippen LogP contribution in [-0.2, 0) is 9.53 Å². The van der Waals surface area contributed by atoms with Gasteiger partial charge in [0, 0.05) is 24.8 Å². The van der Waals surface area contributed by atoms with Crippen LogP contribution in [0, 0.1) is 5.89 Å². The van der Waals surface area contributed by atoms with E-state index in [9.17, 15) is 11.0 Å². The molecule has 0 aromatic heterocycles. The molecule has 132 valence electrons. The lowest BCUT2D eigenvalue weighted by molar-refractivity contribution is -0.138. The summed E-state index contributed by atoms with van der Waals surface area (Å²) in [6, 6.07) is 17.9. The second-order valence-electron chi connectivity index (χ2n) is 6.03. The summed E-state index contributed by atoms with van der Waals surface area (Å²) in [5.41, 5.74) is 1.94. The van der Waals surface area contributed by atoms with Gasteiger partial charge in [0.15, 0.2) is 5.78 Å². The minimum atomic E-state index is -1.68. The van der Waals surface area contributed by atoms with Gasteiger partial charge in [-0.2, -0.15) is 0 Å². The average molecular weight is 348 g/mol. The van der Waals surface area contributed by atoms with Crippen molar-refractivity contribution >= 4 is 17.3 Å². The van der Waals surface area contributed by atoms with E-state index in [0.717, 1.165) is 0 Å². The molecule has 1 aliphatic carbocycles. The zero-order chi connectivity index (χ0) is 20.3. The summed E-state index contributed by atoms with van der Waals surface area (Å²) < 4.78 is 23.0. The normalized spacial score (nSPS) is 20.7. The Bertz CT molecular complexity index is 962. The molecule has 0 bridgehead atoms. The van der Waals surface area contributed by atoms with Crippen molar-refractivity contribution in [2.45, 2.75) is 20.3 Å². The number of esters is 1. The Balaban J connectivity index is 2.12. The lowest BCUT2D eigenvalue weighted by atomic mass is 9.85. The summed E-state index contributed by atoms with van der Waals surface area (Å²) in [7, 11) is 0. The topological polar surface area (TPSA) is 43.4 Å². The van der Waals surface area contributed by atoms with E-state index in [2.05, 4.69) is 0 Å². The van der Waals surface area contributed by atoms with Crippen LogP contribution >= 0.6 is 0 Å². The van der Waals surface area contributed by atoms with Gasteiger partial charge in [-0.3, -0.25) is 4.79 Å². The first kappa shape index (κ1) is 15.3. The van der Waals surface area contributed by atoms with Gasteiger partial charge < -0.3 is 4.74 Å². The Hall–Kier alpha value is -2.94. The van der Waals surface area contributed by atoms with Gasteiger partial charge in [0.25, 0.3) is 0 Å². The first-order chi connectivity index (χ1) is 13.4. The number of rotatable bonds is 6. The van der Waals surface area contributed by atoms with Gasteiger partial charge in [-0.05, 0) is 30.6 Å². The summed E-state index contributed by atoms with van der Waals surface area (Å²) in [5, 5.41) is 0. The molecule has 0 spiro atoms. The monoisotopic (exact) mass is 348 g/mol. The molecule has 0 amide bonds. The lowest BCUT2D eigenvalue weighted by Gasteiger charge is -2.19. The van der Waals surface area contributed by atoms with Crippen LogP contribution in [0.25, 0.3) is 5.57 Å². The van der Waals surface area contributed by atoms with Gasteiger partial charge in [-0.25, -0.2) is 4.79 Å². The van der Waals surface area contributed by atoms with Crippen LogP contribution in [0.2, 0.25) is 0 Å². The third kappa shape index (κ3) is 3.67. The van der Waals surface area contributed by atoms with Gasteiger partial charge in [0.05, 0.1) is 7.98 Å². The Morgan fingerprint density at radius 2 is 1.69 bits per heavy atom. The molecule has 0 fully saturated rings. The zero-order valence-electron chi connectivity index (χ0n) is 16.9. The quantitative estimate of drug-likeness (QED) is 0.553. The Labute approximate surface area is 156 Å². The molecule has 2 aromatic carbocycles. The molecule has 0 radical (unpaired) electrons. The molecule has 1 atom stereocenters.